The van der Waals surface area contributed by atoms with Crippen molar-refractivity contribution >= 4 is 0 Å². The Kier molecular flexibility index (Phi) is 2.75. The van der Waals surface area contributed by atoms with Crippen molar-refractivity contribution in [2.75, 3.05) is 0 Å². The van der Waals surface area contributed by atoms with Crippen molar-refractivity contribution in [3.63, 3.8) is 0 Å². The minimum atomic E-state index is -0.675. The molecule has 1 atom stereocenters. The quantitative estimate of drug-likeness (QED) is 0.378. The summed E-state index contributed by atoms with van der Waals surface area (Å²) in [6.07, 6.45) is 6.54. The molecule has 12 heavy (non-hydrogen) atoms. The Bertz CT molecular complexity index is 305. The van der Waals surface area contributed by atoms with Gasteiger partial charge < -0.3 is 0 Å². The molecular weight excluding hydrogens is 157 g/mol. The highest BCUT2D eigenvalue weighted by atomic mass is 19.1. The van der Waals surface area contributed by atoms with Gasteiger partial charge in [0.2, 0.25) is 0 Å². The smallest absolute Gasteiger partial charge is 0.147 e. The third-order valence-electron chi connectivity index (χ3n) is 1.39. The molecule has 1 aromatic heterocycles. The van der Waals surface area contributed by atoms with Gasteiger partial charge in [-0.1, -0.05) is 5.92 Å². The molecule has 0 saturated carbocycles. The lowest BCUT2D eigenvalue weighted by atomic mass is 10.2. The number of aromatic nitrogens is 1. The van der Waals surface area contributed by atoms with E-state index < -0.39 is 11.9 Å². The number of nitrogens with zero attached hydrogens (tertiary/aromatic N) is 1. The molecule has 0 radical (unpaired) electrons. The fraction of sp³-hybridized carbons (Fsp3) is 0.125. The summed E-state index contributed by atoms with van der Waals surface area (Å²) in [6, 6.07) is 2.10. The van der Waals surface area contributed by atoms with Crippen molar-refractivity contribution < 1.29 is 4.39 Å². The molecule has 1 rings (SSSR count). The highest BCUT2D eigenvalue weighted by Gasteiger charge is 2.11. The molecule has 1 unspecified atom stereocenters. The monoisotopic (exact) mass is 165 g/mol. The summed E-state index contributed by atoms with van der Waals surface area (Å²) in [5, 5.41) is 0. The van der Waals surface area contributed by atoms with E-state index in [0.717, 1.165) is 0 Å². The maximum Gasteiger partial charge on any atom is 0.147 e. The Labute approximate surface area is 69.8 Å². The summed E-state index contributed by atoms with van der Waals surface area (Å²) in [6.45, 7) is 0. The number of nitrogens with two attached hydrogens (primary N) is 1. The summed E-state index contributed by atoms with van der Waals surface area (Å²) < 4.78 is 13.0. The first-order valence-electron chi connectivity index (χ1n) is 3.32. The molecule has 0 bridgehead atoms. The van der Waals surface area contributed by atoms with Crippen LogP contribution in [0.4, 0.5) is 4.39 Å². The van der Waals surface area contributed by atoms with Gasteiger partial charge in [0.25, 0.3) is 0 Å². The van der Waals surface area contributed by atoms with Crippen LogP contribution in [0.25, 0.3) is 0 Å². The maximum atomic E-state index is 13.0. The van der Waals surface area contributed by atoms with Gasteiger partial charge >= 0.3 is 0 Å². The fourth-order valence-electron chi connectivity index (χ4n) is 0.816. The van der Waals surface area contributed by atoms with E-state index in [4.69, 9.17) is 12.3 Å². The molecule has 0 aliphatic carbocycles. The Morgan fingerprint density at radius 3 is 3.00 bits per heavy atom. The van der Waals surface area contributed by atoms with Gasteiger partial charge in [0.15, 0.2) is 0 Å². The number of pyridine rings is 1. The van der Waals surface area contributed by atoms with E-state index in [9.17, 15) is 4.39 Å². The number of nitrogens with one attached hydrogen (secondary N) is 1. The third kappa shape index (κ3) is 1.59. The van der Waals surface area contributed by atoms with Crippen LogP contribution in [0.15, 0.2) is 18.3 Å². The lowest BCUT2D eigenvalue weighted by Crippen LogP contribution is -2.28. The Balaban J connectivity index is 3.02. The van der Waals surface area contributed by atoms with E-state index in [1.807, 2.05) is 0 Å². The van der Waals surface area contributed by atoms with Crippen LogP contribution in [0, 0.1) is 18.2 Å². The summed E-state index contributed by atoms with van der Waals surface area (Å²) in [4.78, 5) is 3.76. The van der Waals surface area contributed by atoms with Crippen LogP contribution in [0.5, 0.6) is 0 Å². The minimum absolute atomic E-state index is 0.141. The summed E-state index contributed by atoms with van der Waals surface area (Å²) in [5.74, 6) is 6.90. The predicted molar refractivity (Wildman–Crippen MR) is 43.1 cm³/mol. The van der Waals surface area contributed by atoms with Crippen molar-refractivity contribution in [2.45, 2.75) is 6.04 Å². The summed E-state index contributed by atoms with van der Waals surface area (Å²) >= 11 is 0. The van der Waals surface area contributed by atoms with Crippen LogP contribution in [-0.4, -0.2) is 4.98 Å². The maximum absolute atomic E-state index is 13.0. The van der Waals surface area contributed by atoms with Crippen molar-refractivity contribution in [3.8, 4) is 12.3 Å². The number of rotatable bonds is 2. The molecule has 1 aromatic rings. The zero-order chi connectivity index (χ0) is 8.97. The lowest BCUT2D eigenvalue weighted by Gasteiger charge is -2.07. The Hall–Kier alpha value is -1.44. The highest BCUT2D eigenvalue weighted by Crippen LogP contribution is 2.11. The van der Waals surface area contributed by atoms with Crippen molar-refractivity contribution in [2.24, 2.45) is 5.84 Å². The van der Waals surface area contributed by atoms with E-state index in [1.54, 1.807) is 0 Å². The number of terminal acetylenes is 1. The number of hydrazine groups is 1. The van der Waals surface area contributed by atoms with Crippen LogP contribution < -0.4 is 11.3 Å². The zero-order valence-electron chi connectivity index (χ0n) is 6.29. The number of hydrogen-bond donors (Lipinski definition) is 2. The molecule has 3 nitrogen and oxygen atoms in total. The van der Waals surface area contributed by atoms with E-state index in [1.165, 1.54) is 18.3 Å². The molecule has 1 heterocycles. The molecule has 3 N–H and O–H groups in total. The molecule has 62 valence electrons. The first kappa shape index (κ1) is 8.65. The van der Waals surface area contributed by atoms with Crippen LogP contribution in [0.3, 0.4) is 0 Å². The molecule has 0 fully saturated rings. The normalized spacial score (nSPS) is 12.1. The Morgan fingerprint density at radius 2 is 2.50 bits per heavy atom. The van der Waals surface area contributed by atoms with E-state index in [-0.39, 0.29) is 5.69 Å². The molecular formula is C8H8FN3. The van der Waals surface area contributed by atoms with Gasteiger partial charge in [-0.15, -0.1) is 6.42 Å². The second kappa shape index (κ2) is 3.81. The van der Waals surface area contributed by atoms with Crippen LogP contribution in [-0.2, 0) is 0 Å². The Morgan fingerprint density at radius 1 is 1.75 bits per heavy atom. The topological polar surface area (TPSA) is 50.9 Å². The average Bonchev–Trinajstić information content (AvgIpc) is 2.10. The lowest BCUT2D eigenvalue weighted by molar-refractivity contribution is 0.559. The van der Waals surface area contributed by atoms with Gasteiger partial charge in [-0.2, -0.15) is 0 Å². The molecule has 0 aromatic carbocycles. The minimum Gasteiger partial charge on any atom is -0.270 e. The highest BCUT2D eigenvalue weighted by molar-refractivity contribution is 5.19. The molecule has 0 saturated heterocycles. The van der Waals surface area contributed by atoms with E-state index in [2.05, 4.69) is 16.3 Å². The second-order valence-corrected chi connectivity index (χ2v) is 2.14. The SMILES string of the molecule is C#CC(NN)c1ncccc1F. The molecule has 0 aliphatic heterocycles. The summed E-state index contributed by atoms with van der Waals surface area (Å²) in [7, 11) is 0. The van der Waals surface area contributed by atoms with Gasteiger partial charge in [0, 0.05) is 6.20 Å². The van der Waals surface area contributed by atoms with Crippen LogP contribution in [0.1, 0.15) is 11.7 Å². The van der Waals surface area contributed by atoms with Gasteiger partial charge in [-0.3, -0.25) is 10.8 Å². The van der Waals surface area contributed by atoms with Crippen molar-refractivity contribution in [1.29, 1.82) is 0 Å². The molecule has 4 heteroatoms. The van der Waals surface area contributed by atoms with Gasteiger partial charge in [-0.05, 0) is 12.1 Å². The largest absolute Gasteiger partial charge is 0.270 e. The van der Waals surface area contributed by atoms with Crippen molar-refractivity contribution in [1.82, 2.24) is 10.4 Å². The third-order valence-corrected chi connectivity index (χ3v) is 1.39. The molecule has 0 amide bonds. The van der Waals surface area contributed by atoms with E-state index in [0.29, 0.717) is 0 Å². The standard InChI is InChI=1S/C8H8FN3/c1-2-7(12-10)8-6(9)4-3-5-11-8/h1,3-5,7,12H,10H2. The average molecular weight is 165 g/mol. The van der Waals surface area contributed by atoms with E-state index >= 15 is 0 Å². The number of hydrogen-bond acceptors (Lipinski definition) is 3. The first-order chi connectivity index (χ1) is 5.79. The molecule has 0 aliphatic rings. The molecule has 0 spiro atoms. The van der Waals surface area contributed by atoms with Crippen LogP contribution in [0.2, 0.25) is 0 Å². The van der Waals surface area contributed by atoms with Gasteiger partial charge in [0.05, 0.1) is 0 Å². The predicted octanol–water partition coefficient (Wildman–Crippen LogP) is 0.358. The van der Waals surface area contributed by atoms with Gasteiger partial charge in [0.1, 0.15) is 17.6 Å². The summed E-state index contributed by atoms with van der Waals surface area (Å²) in [5.41, 5.74) is 2.41. The second-order valence-electron chi connectivity index (χ2n) is 2.14. The van der Waals surface area contributed by atoms with Crippen LogP contribution >= 0.6 is 0 Å². The first-order valence-corrected chi connectivity index (χ1v) is 3.32. The number of halogens is 1. The zero-order valence-corrected chi connectivity index (χ0v) is 6.29. The fourth-order valence-corrected chi connectivity index (χ4v) is 0.816. The van der Waals surface area contributed by atoms with Crippen molar-refractivity contribution in [3.05, 3.63) is 29.8 Å². The van der Waals surface area contributed by atoms with Gasteiger partial charge in [-0.25, -0.2) is 9.82 Å².